The van der Waals surface area contributed by atoms with E-state index in [9.17, 15) is 4.79 Å². The quantitative estimate of drug-likeness (QED) is 0.705. The molecule has 0 unspecified atom stereocenters. The van der Waals surface area contributed by atoms with Crippen LogP contribution in [0.1, 0.15) is 12.5 Å². The third-order valence-corrected chi connectivity index (χ3v) is 2.13. The van der Waals surface area contributed by atoms with Gasteiger partial charge in [-0.05, 0) is 19.1 Å². The fraction of sp³-hybridized carbons (Fsp3) is 0.364. The number of anilines is 1. The van der Waals surface area contributed by atoms with Gasteiger partial charge in [-0.2, -0.15) is 5.26 Å². The first-order chi connectivity index (χ1) is 7.71. The Labute approximate surface area is 94.3 Å². The van der Waals surface area contributed by atoms with Gasteiger partial charge in [0.15, 0.2) is 0 Å². The highest BCUT2D eigenvalue weighted by Gasteiger charge is 2.11. The van der Waals surface area contributed by atoms with Crippen LogP contribution in [0.4, 0.5) is 5.82 Å². The van der Waals surface area contributed by atoms with E-state index in [1.165, 1.54) is 7.11 Å². The molecule has 0 spiro atoms. The van der Waals surface area contributed by atoms with Gasteiger partial charge in [-0.3, -0.25) is 4.79 Å². The number of esters is 1. The molecule has 84 valence electrons. The zero-order valence-electron chi connectivity index (χ0n) is 9.30. The number of pyridine rings is 1. The third kappa shape index (κ3) is 2.95. The molecule has 0 aliphatic rings. The van der Waals surface area contributed by atoms with Crippen LogP contribution in [0.15, 0.2) is 18.3 Å². The summed E-state index contributed by atoms with van der Waals surface area (Å²) in [5.41, 5.74) is 0.522. The Morgan fingerprint density at radius 3 is 3.00 bits per heavy atom. The topological polar surface area (TPSA) is 66.2 Å². The van der Waals surface area contributed by atoms with Crippen molar-refractivity contribution in [3.63, 3.8) is 0 Å². The smallest absolute Gasteiger partial charge is 0.325 e. The zero-order chi connectivity index (χ0) is 12.0. The van der Waals surface area contributed by atoms with Crippen molar-refractivity contribution in [3.05, 3.63) is 23.9 Å². The van der Waals surface area contributed by atoms with Crippen LogP contribution in [0, 0.1) is 11.3 Å². The Bertz CT molecular complexity index is 412. The summed E-state index contributed by atoms with van der Waals surface area (Å²) < 4.78 is 4.59. The normalized spacial score (nSPS) is 9.31. The van der Waals surface area contributed by atoms with Gasteiger partial charge in [0.05, 0.1) is 18.7 Å². The highest BCUT2D eigenvalue weighted by molar-refractivity contribution is 5.75. The van der Waals surface area contributed by atoms with Crippen molar-refractivity contribution in [3.8, 4) is 6.07 Å². The number of likely N-dealkylation sites (N-methyl/N-ethyl adjacent to an activating group) is 1. The molecular weight excluding hydrogens is 206 g/mol. The van der Waals surface area contributed by atoms with Crippen LogP contribution in [0.2, 0.25) is 0 Å². The zero-order valence-corrected chi connectivity index (χ0v) is 9.30. The standard InChI is InChI=1S/C11H13N3O2/c1-3-14(8-11(15)16-2)10-6-9(7-12)4-5-13-10/h4-6H,3,8H2,1-2H3. The largest absolute Gasteiger partial charge is 0.468 e. The fourth-order valence-corrected chi connectivity index (χ4v) is 1.24. The van der Waals surface area contributed by atoms with Crippen molar-refractivity contribution >= 4 is 11.8 Å². The van der Waals surface area contributed by atoms with Crippen LogP contribution < -0.4 is 4.90 Å². The van der Waals surface area contributed by atoms with Crippen LogP contribution in [-0.2, 0) is 9.53 Å². The molecule has 16 heavy (non-hydrogen) atoms. The number of ether oxygens (including phenoxy) is 1. The van der Waals surface area contributed by atoms with E-state index in [2.05, 4.69) is 9.72 Å². The molecular formula is C11H13N3O2. The number of aromatic nitrogens is 1. The van der Waals surface area contributed by atoms with E-state index < -0.39 is 0 Å². The van der Waals surface area contributed by atoms with Crippen LogP contribution >= 0.6 is 0 Å². The molecule has 5 nitrogen and oxygen atoms in total. The van der Waals surface area contributed by atoms with E-state index in [1.807, 2.05) is 13.0 Å². The minimum Gasteiger partial charge on any atom is -0.468 e. The molecule has 0 bridgehead atoms. The second-order valence-corrected chi connectivity index (χ2v) is 3.10. The average Bonchev–Trinajstić information content (AvgIpc) is 2.35. The molecule has 1 aromatic heterocycles. The summed E-state index contributed by atoms with van der Waals surface area (Å²) in [5, 5.41) is 8.76. The summed E-state index contributed by atoms with van der Waals surface area (Å²) in [6, 6.07) is 5.30. The van der Waals surface area contributed by atoms with Crippen LogP contribution in [0.3, 0.4) is 0 Å². The lowest BCUT2D eigenvalue weighted by Gasteiger charge is -2.20. The molecule has 0 fully saturated rings. The van der Waals surface area contributed by atoms with Crippen molar-refractivity contribution in [1.82, 2.24) is 4.98 Å². The number of carbonyl (C=O) groups is 1. The first-order valence-electron chi connectivity index (χ1n) is 4.89. The van der Waals surface area contributed by atoms with E-state index >= 15 is 0 Å². The molecule has 0 saturated heterocycles. The lowest BCUT2D eigenvalue weighted by molar-refractivity contribution is -0.138. The number of rotatable bonds is 4. The van der Waals surface area contributed by atoms with Crippen molar-refractivity contribution < 1.29 is 9.53 Å². The monoisotopic (exact) mass is 219 g/mol. The van der Waals surface area contributed by atoms with Gasteiger partial charge >= 0.3 is 5.97 Å². The number of methoxy groups -OCH3 is 1. The maximum atomic E-state index is 11.2. The fourth-order valence-electron chi connectivity index (χ4n) is 1.24. The van der Waals surface area contributed by atoms with E-state index in [0.717, 1.165) is 0 Å². The van der Waals surface area contributed by atoms with Gasteiger partial charge in [0.1, 0.15) is 12.4 Å². The molecule has 0 N–H and O–H groups in total. The highest BCUT2D eigenvalue weighted by Crippen LogP contribution is 2.11. The first kappa shape index (κ1) is 12.0. The van der Waals surface area contributed by atoms with Gasteiger partial charge in [-0.15, -0.1) is 0 Å². The summed E-state index contributed by atoms with van der Waals surface area (Å²) in [6.45, 7) is 2.66. The van der Waals surface area contributed by atoms with Crippen LogP contribution in [0.5, 0.6) is 0 Å². The van der Waals surface area contributed by atoms with Crippen LogP contribution in [-0.4, -0.2) is 31.2 Å². The predicted octanol–water partition coefficient (Wildman–Crippen LogP) is 0.953. The summed E-state index contributed by atoms with van der Waals surface area (Å²) in [6.07, 6.45) is 1.55. The molecule has 0 radical (unpaired) electrons. The maximum Gasteiger partial charge on any atom is 0.325 e. The van der Waals surface area contributed by atoms with Crippen molar-refractivity contribution in [2.24, 2.45) is 0 Å². The summed E-state index contributed by atoms with van der Waals surface area (Å²) in [5.74, 6) is 0.276. The van der Waals surface area contributed by atoms with Crippen molar-refractivity contribution in [1.29, 1.82) is 5.26 Å². The van der Waals surface area contributed by atoms with Gasteiger partial charge in [0.25, 0.3) is 0 Å². The molecule has 0 amide bonds. The van der Waals surface area contributed by atoms with E-state index in [1.54, 1.807) is 23.2 Å². The first-order valence-corrected chi connectivity index (χ1v) is 4.89. The lowest BCUT2D eigenvalue weighted by Crippen LogP contribution is -2.30. The highest BCUT2D eigenvalue weighted by atomic mass is 16.5. The Balaban J connectivity index is 2.86. The molecule has 0 aliphatic carbocycles. The Morgan fingerprint density at radius 1 is 1.69 bits per heavy atom. The molecule has 0 saturated carbocycles. The van der Waals surface area contributed by atoms with E-state index in [-0.39, 0.29) is 12.5 Å². The third-order valence-electron chi connectivity index (χ3n) is 2.13. The van der Waals surface area contributed by atoms with Crippen LogP contribution in [0.25, 0.3) is 0 Å². The lowest BCUT2D eigenvalue weighted by atomic mass is 10.3. The summed E-state index contributed by atoms with van der Waals surface area (Å²) >= 11 is 0. The van der Waals surface area contributed by atoms with Gasteiger partial charge in [0, 0.05) is 12.7 Å². The van der Waals surface area contributed by atoms with Gasteiger partial charge in [0.2, 0.25) is 0 Å². The molecule has 0 aliphatic heterocycles. The average molecular weight is 219 g/mol. The van der Waals surface area contributed by atoms with E-state index in [0.29, 0.717) is 17.9 Å². The number of hydrogen-bond donors (Lipinski definition) is 0. The van der Waals surface area contributed by atoms with Crippen molar-refractivity contribution in [2.45, 2.75) is 6.92 Å². The molecule has 0 atom stereocenters. The minimum atomic E-state index is -0.328. The summed E-state index contributed by atoms with van der Waals surface area (Å²) in [7, 11) is 1.34. The van der Waals surface area contributed by atoms with Gasteiger partial charge in [-0.25, -0.2) is 4.98 Å². The second kappa shape index (κ2) is 5.71. The molecule has 1 aromatic rings. The van der Waals surface area contributed by atoms with E-state index in [4.69, 9.17) is 5.26 Å². The molecule has 1 heterocycles. The number of nitriles is 1. The number of carbonyl (C=O) groups excluding carboxylic acids is 1. The van der Waals surface area contributed by atoms with Gasteiger partial charge in [-0.1, -0.05) is 0 Å². The SMILES string of the molecule is CCN(CC(=O)OC)c1cc(C#N)ccn1. The van der Waals surface area contributed by atoms with Crippen molar-refractivity contribution in [2.75, 3.05) is 25.1 Å². The summed E-state index contributed by atoms with van der Waals surface area (Å²) in [4.78, 5) is 17.0. The Hall–Kier alpha value is -2.09. The predicted molar refractivity (Wildman–Crippen MR) is 58.9 cm³/mol. The Kier molecular flexibility index (Phi) is 4.28. The number of hydrogen-bond acceptors (Lipinski definition) is 5. The molecule has 5 heteroatoms. The molecule has 1 rings (SSSR count). The molecule has 0 aromatic carbocycles. The minimum absolute atomic E-state index is 0.134. The maximum absolute atomic E-state index is 11.2. The van der Waals surface area contributed by atoms with Gasteiger partial charge < -0.3 is 9.64 Å². The number of nitrogens with zero attached hydrogens (tertiary/aromatic N) is 3. The Morgan fingerprint density at radius 2 is 2.44 bits per heavy atom. The second-order valence-electron chi connectivity index (χ2n) is 3.10.